The smallest absolute Gasteiger partial charge is 0.153 e. The summed E-state index contributed by atoms with van der Waals surface area (Å²) in [6, 6.07) is 0. The van der Waals surface area contributed by atoms with E-state index in [9.17, 15) is 8.42 Å². The molecular weight excluding hydrogens is 154 g/mol. The van der Waals surface area contributed by atoms with Gasteiger partial charge in [-0.1, -0.05) is 0 Å². The molecule has 10 heavy (non-hydrogen) atoms. The van der Waals surface area contributed by atoms with Crippen LogP contribution in [0, 0.1) is 0 Å². The van der Waals surface area contributed by atoms with E-state index in [-0.39, 0.29) is 5.88 Å². The molecule has 1 heterocycles. The van der Waals surface area contributed by atoms with Crippen molar-refractivity contribution < 1.29 is 13.2 Å². The molecule has 0 amide bonds. The number of rotatable bonds is 2. The molecule has 1 fully saturated rings. The van der Waals surface area contributed by atoms with Gasteiger partial charge in [0.25, 0.3) is 0 Å². The minimum absolute atomic E-state index is 0.179. The van der Waals surface area contributed by atoms with Crippen LogP contribution in [0.5, 0.6) is 0 Å². The van der Waals surface area contributed by atoms with Crippen molar-refractivity contribution >= 4 is 10.7 Å². The Labute approximate surface area is 61.7 Å². The standard InChI is InChI=1S/C5H11NO3S/c7-10(8)5-6-1-3-9-4-2-6/h10H,1-5H2. The van der Waals surface area contributed by atoms with E-state index in [0.717, 1.165) is 13.1 Å². The molecule has 5 heteroatoms. The van der Waals surface area contributed by atoms with Gasteiger partial charge in [0.1, 0.15) is 0 Å². The first-order chi connectivity index (χ1) is 4.79. The van der Waals surface area contributed by atoms with Crippen molar-refractivity contribution in [2.75, 3.05) is 32.2 Å². The molecule has 0 saturated carbocycles. The summed E-state index contributed by atoms with van der Waals surface area (Å²) in [6.07, 6.45) is 0. The Hall–Kier alpha value is -0.130. The number of morpholine rings is 1. The maximum Gasteiger partial charge on any atom is 0.153 e. The lowest BCUT2D eigenvalue weighted by Crippen LogP contribution is -2.37. The van der Waals surface area contributed by atoms with Crippen LogP contribution in [0.3, 0.4) is 0 Å². The minimum atomic E-state index is -2.25. The topological polar surface area (TPSA) is 46.6 Å². The molecule has 1 aliphatic heterocycles. The predicted molar refractivity (Wildman–Crippen MR) is 37.6 cm³/mol. The van der Waals surface area contributed by atoms with Crippen LogP contribution in [0.2, 0.25) is 0 Å². The average molecular weight is 165 g/mol. The molecule has 0 aromatic heterocycles. The number of ether oxygens (including phenoxy) is 1. The molecule has 60 valence electrons. The van der Waals surface area contributed by atoms with Crippen molar-refractivity contribution in [2.24, 2.45) is 0 Å². The third-order valence-corrected chi connectivity index (χ3v) is 2.05. The Morgan fingerprint density at radius 3 is 2.40 bits per heavy atom. The summed E-state index contributed by atoms with van der Waals surface area (Å²) in [7, 11) is -2.25. The summed E-state index contributed by atoms with van der Waals surface area (Å²) in [5.41, 5.74) is 0. The Bertz CT molecular complexity index is 154. The monoisotopic (exact) mass is 165 g/mol. The quantitative estimate of drug-likeness (QED) is 0.527. The van der Waals surface area contributed by atoms with Gasteiger partial charge in [-0.3, -0.25) is 4.90 Å². The number of hydrogen-bond acceptors (Lipinski definition) is 4. The van der Waals surface area contributed by atoms with Gasteiger partial charge in [0.15, 0.2) is 10.7 Å². The molecular formula is C5H11NO3S. The molecule has 0 aliphatic carbocycles. The van der Waals surface area contributed by atoms with Crippen LogP contribution in [-0.4, -0.2) is 45.5 Å². The maximum atomic E-state index is 10.2. The molecule has 0 aromatic rings. The second kappa shape index (κ2) is 3.90. The van der Waals surface area contributed by atoms with E-state index in [2.05, 4.69) is 0 Å². The van der Waals surface area contributed by atoms with Crippen molar-refractivity contribution in [3.63, 3.8) is 0 Å². The molecule has 0 N–H and O–H groups in total. The molecule has 1 aliphatic rings. The first-order valence-electron chi connectivity index (χ1n) is 3.21. The van der Waals surface area contributed by atoms with E-state index in [1.807, 2.05) is 4.90 Å². The molecule has 0 spiro atoms. The lowest BCUT2D eigenvalue weighted by molar-refractivity contribution is 0.0468. The zero-order valence-corrected chi connectivity index (χ0v) is 6.55. The largest absolute Gasteiger partial charge is 0.379 e. The van der Waals surface area contributed by atoms with Crippen LogP contribution in [0.25, 0.3) is 0 Å². The van der Waals surface area contributed by atoms with Crippen LogP contribution in [-0.2, 0) is 15.4 Å². The average Bonchev–Trinajstić information content (AvgIpc) is 1.88. The summed E-state index contributed by atoms with van der Waals surface area (Å²) in [6.45, 7) is 2.79. The number of thiol groups is 1. The van der Waals surface area contributed by atoms with Gasteiger partial charge in [-0.2, -0.15) is 0 Å². The zero-order valence-electron chi connectivity index (χ0n) is 5.65. The molecule has 0 radical (unpaired) electrons. The molecule has 1 saturated heterocycles. The van der Waals surface area contributed by atoms with E-state index in [4.69, 9.17) is 4.74 Å². The van der Waals surface area contributed by atoms with Crippen molar-refractivity contribution in [3.8, 4) is 0 Å². The van der Waals surface area contributed by atoms with Crippen molar-refractivity contribution in [2.45, 2.75) is 0 Å². The Kier molecular flexibility index (Phi) is 3.11. The molecule has 0 unspecified atom stereocenters. The lowest BCUT2D eigenvalue weighted by atomic mass is 10.5. The van der Waals surface area contributed by atoms with Gasteiger partial charge in [0.05, 0.1) is 19.1 Å². The maximum absolute atomic E-state index is 10.2. The zero-order chi connectivity index (χ0) is 7.40. The first-order valence-corrected chi connectivity index (χ1v) is 4.57. The summed E-state index contributed by atoms with van der Waals surface area (Å²) in [4.78, 5) is 1.87. The predicted octanol–water partition coefficient (Wildman–Crippen LogP) is -1.11. The third-order valence-electron chi connectivity index (χ3n) is 1.42. The molecule has 4 nitrogen and oxygen atoms in total. The van der Waals surface area contributed by atoms with Gasteiger partial charge in [-0.25, -0.2) is 8.42 Å². The van der Waals surface area contributed by atoms with Gasteiger partial charge in [0.2, 0.25) is 0 Å². The van der Waals surface area contributed by atoms with E-state index in [1.54, 1.807) is 0 Å². The first kappa shape index (κ1) is 7.97. The highest BCUT2D eigenvalue weighted by Crippen LogP contribution is 1.94. The van der Waals surface area contributed by atoms with E-state index in [0.29, 0.717) is 13.2 Å². The van der Waals surface area contributed by atoms with Gasteiger partial charge in [0, 0.05) is 13.1 Å². The summed E-state index contributed by atoms with van der Waals surface area (Å²) >= 11 is 0. The minimum Gasteiger partial charge on any atom is -0.379 e. The number of hydrogen-bond donors (Lipinski definition) is 1. The fraction of sp³-hybridized carbons (Fsp3) is 1.00. The Morgan fingerprint density at radius 2 is 1.90 bits per heavy atom. The third kappa shape index (κ3) is 2.64. The fourth-order valence-electron chi connectivity index (χ4n) is 0.906. The van der Waals surface area contributed by atoms with Crippen molar-refractivity contribution in [1.29, 1.82) is 0 Å². The lowest BCUT2D eigenvalue weighted by Gasteiger charge is -2.23. The second-order valence-corrected chi connectivity index (χ2v) is 3.15. The Balaban J connectivity index is 2.26. The second-order valence-electron chi connectivity index (χ2n) is 2.20. The fourth-order valence-corrected chi connectivity index (χ4v) is 1.52. The van der Waals surface area contributed by atoms with Gasteiger partial charge in [-0.15, -0.1) is 0 Å². The highest BCUT2D eigenvalue weighted by molar-refractivity contribution is 7.72. The van der Waals surface area contributed by atoms with E-state index in [1.165, 1.54) is 0 Å². The van der Waals surface area contributed by atoms with Crippen LogP contribution < -0.4 is 0 Å². The van der Waals surface area contributed by atoms with Crippen molar-refractivity contribution in [1.82, 2.24) is 4.90 Å². The summed E-state index contributed by atoms with van der Waals surface area (Å²) < 4.78 is 25.5. The van der Waals surface area contributed by atoms with Gasteiger partial charge >= 0.3 is 0 Å². The molecule has 1 rings (SSSR count). The van der Waals surface area contributed by atoms with Gasteiger partial charge < -0.3 is 4.74 Å². The van der Waals surface area contributed by atoms with E-state index >= 15 is 0 Å². The normalized spacial score (nSPS) is 21.7. The highest BCUT2D eigenvalue weighted by Gasteiger charge is 2.09. The molecule has 0 bridgehead atoms. The molecule has 0 aromatic carbocycles. The van der Waals surface area contributed by atoms with Crippen LogP contribution in [0.4, 0.5) is 0 Å². The van der Waals surface area contributed by atoms with Gasteiger partial charge in [-0.05, 0) is 0 Å². The van der Waals surface area contributed by atoms with Crippen LogP contribution in [0.15, 0.2) is 0 Å². The SMILES string of the molecule is O=[SH](=O)CN1CCOCC1. The summed E-state index contributed by atoms with van der Waals surface area (Å²) in [5, 5.41) is 0. The van der Waals surface area contributed by atoms with Crippen molar-refractivity contribution in [3.05, 3.63) is 0 Å². The van der Waals surface area contributed by atoms with E-state index < -0.39 is 10.7 Å². The van der Waals surface area contributed by atoms with Crippen LogP contribution >= 0.6 is 0 Å². The number of nitrogens with zero attached hydrogens (tertiary/aromatic N) is 1. The van der Waals surface area contributed by atoms with Crippen LogP contribution in [0.1, 0.15) is 0 Å². The molecule has 0 atom stereocenters. The highest BCUT2D eigenvalue weighted by atomic mass is 32.2. The summed E-state index contributed by atoms with van der Waals surface area (Å²) in [5.74, 6) is 0.179. The Morgan fingerprint density at radius 1 is 1.30 bits per heavy atom.